The van der Waals surface area contributed by atoms with E-state index in [2.05, 4.69) is 31.0 Å². The van der Waals surface area contributed by atoms with Crippen LogP contribution in [0.2, 0.25) is 0 Å². The molecular weight excluding hydrogens is 236 g/mol. The van der Waals surface area contributed by atoms with E-state index in [9.17, 15) is 0 Å². The Morgan fingerprint density at radius 1 is 1.37 bits per heavy atom. The summed E-state index contributed by atoms with van der Waals surface area (Å²) in [6, 6.07) is 9.28. The molecule has 0 aliphatic heterocycles. The lowest BCUT2D eigenvalue weighted by Gasteiger charge is -2.33. The van der Waals surface area contributed by atoms with Gasteiger partial charge in [0.15, 0.2) is 0 Å². The maximum Gasteiger partial charge on any atom is 0.122 e. The van der Waals surface area contributed by atoms with Gasteiger partial charge < -0.3 is 10.5 Å². The zero-order valence-electron chi connectivity index (χ0n) is 12.3. The highest BCUT2D eigenvalue weighted by molar-refractivity contribution is 5.33. The summed E-state index contributed by atoms with van der Waals surface area (Å²) >= 11 is 0. The fourth-order valence-electron chi connectivity index (χ4n) is 2.83. The fraction of sp³-hybridized carbons (Fsp3) is 0.625. The van der Waals surface area contributed by atoms with Crippen LogP contribution in [0.5, 0.6) is 5.75 Å². The first-order valence-electron chi connectivity index (χ1n) is 7.21. The minimum absolute atomic E-state index is 0.477. The van der Waals surface area contributed by atoms with Crippen molar-refractivity contribution in [3.63, 3.8) is 0 Å². The lowest BCUT2D eigenvalue weighted by Crippen LogP contribution is -2.45. The van der Waals surface area contributed by atoms with Crippen LogP contribution in [0.25, 0.3) is 0 Å². The zero-order chi connectivity index (χ0) is 13.8. The van der Waals surface area contributed by atoms with Crippen LogP contribution in [0.4, 0.5) is 0 Å². The average Bonchev–Trinajstić information content (AvgIpc) is 3.24. The first kappa shape index (κ1) is 14.4. The zero-order valence-corrected chi connectivity index (χ0v) is 12.3. The Kier molecular flexibility index (Phi) is 4.83. The predicted molar refractivity (Wildman–Crippen MR) is 79.5 cm³/mol. The Hall–Kier alpha value is -1.06. The van der Waals surface area contributed by atoms with Gasteiger partial charge in [0.2, 0.25) is 0 Å². The summed E-state index contributed by atoms with van der Waals surface area (Å²) in [7, 11) is 3.94. The second-order valence-electron chi connectivity index (χ2n) is 5.67. The molecule has 1 aliphatic carbocycles. The molecule has 1 aliphatic rings. The van der Waals surface area contributed by atoms with E-state index in [1.807, 2.05) is 12.1 Å². The van der Waals surface area contributed by atoms with Gasteiger partial charge in [-0.2, -0.15) is 0 Å². The van der Waals surface area contributed by atoms with Crippen LogP contribution in [0.15, 0.2) is 24.3 Å². The van der Waals surface area contributed by atoms with Gasteiger partial charge in [0.1, 0.15) is 5.75 Å². The first-order chi connectivity index (χ1) is 9.17. The van der Waals surface area contributed by atoms with Crippen LogP contribution in [0.1, 0.15) is 25.3 Å². The third-order valence-corrected chi connectivity index (χ3v) is 4.33. The molecule has 3 nitrogen and oxygen atoms in total. The summed E-state index contributed by atoms with van der Waals surface area (Å²) in [5.74, 6) is 1.80. The molecule has 0 amide bonds. The second kappa shape index (κ2) is 6.40. The molecular formula is C16H26N2O. The number of nitrogens with two attached hydrogens (primary N) is 1. The average molecular weight is 262 g/mol. The molecule has 0 aromatic heterocycles. The molecule has 0 radical (unpaired) electrons. The normalized spacial score (nSPS) is 18.4. The van der Waals surface area contributed by atoms with Gasteiger partial charge in [-0.3, -0.25) is 4.90 Å². The van der Waals surface area contributed by atoms with E-state index >= 15 is 0 Å². The SMILES string of the molecule is COc1ccccc1CC(C)N(C)C(CN)C1CC1. The highest BCUT2D eigenvalue weighted by atomic mass is 16.5. The van der Waals surface area contributed by atoms with Crippen LogP contribution < -0.4 is 10.5 Å². The number of ether oxygens (including phenoxy) is 1. The van der Waals surface area contributed by atoms with Gasteiger partial charge in [0, 0.05) is 18.6 Å². The lowest BCUT2D eigenvalue weighted by atomic mass is 10.0. The van der Waals surface area contributed by atoms with Crippen molar-refractivity contribution in [2.75, 3.05) is 20.7 Å². The lowest BCUT2D eigenvalue weighted by molar-refractivity contribution is 0.168. The Morgan fingerprint density at radius 3 is 2.63 bits per heavy atom. The van der Waals surface area contributed by atoms with E-state index in [1.54, 1.807) is 7.11 Å². The molecule has 2 N–H and O–H groups in total. The van der Waals surface area contributed by atoms with Crippen molar-refractivity contribution in [2.24, 2.45) is 11.7 Å². The topological polar surface area (TPSA) is 38.5 Å². The Balaban J connectivity index is 2.01. The van der Waals surface area contributed by atoms with Crippen molar-refractivity contribution in [1.29, 1.82) is 0 Å². The fourth-order valence-corrected chi connectivity index (χ4v) is 2.83. The summed E-state index contributed by atoms with van der Waals surface area (Å²) in [6.45, 7) is 3.04. The minimum Gasteiger partial charge on any atom is -0.496 e. The number of rotatable bonds is 7. The number of hydrogen-bond donors (Lipinski definition) is 1. The predicted octanol–water partition coefficient (Wildman–Crippen LogP) is 2.30. The molecule has 2 atom stereocenters. The summed E-state index contributed by atoms with van der Waals surface area (Å²) in [4.78, 5) is 2.45. The van der Waals surface area contributed by atoms with Gasteiger partial charge in [-0.1, -0.05) is 18.2 Å². The summed E-state index contributed by atoms with van der Waals surface area (Å²) in [6.07, 6.45) is 3.69. The molecule has 0 bridgehead atoms. The van der Waals surface area contributed by atoms with Gasteiger partial charge in [0.25, 0.3) is 0 Å². The van der Waals surface area contributed by atoms with Crippen LogP contribution in [-0.4, -0.2) is 37.7 Å². The third kappa shape index (κ3) is 3.48. The van der Waals surface area contributed by atoms with E-state index in [4.69, 9.17) is 10.5 Å². The van der Waals surface area contributed by atoms with E-state index in [1.165, 1.54) is 18.4 Å². The molecule has 1 aromatic rings. The van der Waals surface area contributed by atoms with Gasteiger partial charge in [-0.15, -0.1) is 0 Å². The van der Waals surface area contributed by atoms with E-state index < -0.39 is 0 Å². The van der Waals surface area contributed by atoms with Crippen molar-refractivity contribution >= 4 is 0 Å². The van der Waals surface area contributed by atoms with Gasteiger partial charge in [0.05, 0.1) is 7.11 Å². The molecule has 1 fully saturated rings. The maximum absolute atomic E-state index is 5.94. The van der Waals surface area contributed by atoms with Crippen molar-refractivity contribution < 1.29 is 4.74 Å². The highest BCUT2D eigenvalue weighted by Crippen LogP contribution is 2.35. The van der Waals surface area contributed by atoms with E-state index in [0.717, 1.165) is 24.6 Å². The number of hydrogen-bond acceptors (Lipinski definition) is 3. The van der Waals surface area contributed by atoms with Crippen LogP contribution in [0, 0.1) is 5.92 Å². The number of nitrogens with zero attached hydrogens (tertiary/aromatic N) is 1. The van der Waals surface area contributed by atoms with Crippen LogP contribution in [-0.2, 0) is 6.42 Å². The Morgan fingerprint density at radius 2 is 2.05 bits per heavy atom. The third-order valence-electron chi connectivity index (χ3n) is 4.33. The largest absolute Gasteiger partial charge is 0.496 e. The van der Waals surface area contributed by atoms with Gasteiger partial charge >= 0.3 is 0 Å². The number of likely N-dealkylation sites (N-methyl/N-ethyl adjacent to an activating group) is 1. The quantitative estimate of drug-likeness (QED) is 0.819. The maximum atomic E-state index is 5.94. The summed E-state index contributed by atoms with van der Waals surface area (Å²) < 4.78 is 5.43. The molecule has 1 saturated carbocycles. The van der Waals surface area contributed by atoms with E-state index in [-0.39, 0.29) is 0 Å². The second-order valence-corrected chi connectivity index (χ2v) is 5.67. The van der Waals surface area contributed by atoms with Gasteiger partial charge in [-0.05, 0) is 50.8 Å². The van der Waals surface area contributed by atoms with Crippen molar-refractivity contribution in [2.45, 2.75) is 38.3 Å². The Bertz CT molecular complexity index is 403. The smallest absolute Gasteiger partial charge is 0.122 e. The van der Waals surface area contributed by atoms with Crippen molar-refractivity contribution in [3.8, 4) is 5.75 Å². The molecule has 1 aromatic carbocycles. The standard InChI is InChI=1S/C16H26N2O/c1-12(18(2)15(11-17)13-8-9-13)10-14-6-4-5-7-16(14)19-3/h4-7,12-13,15H,8-11,17H2,1-3H3. The molecule has 2 unspecified atom stereocenters. The van der Waals surface area contributed by atoms with E-state index in [0.29, 0.717) is 12.1 Å². The number of benzene rings is 1. The minimum atomic E-state index is 0.477. The van der Waals surface area contributed by atoms with Gasteiger partial charge in [-0.25, -0.2) is 0 Å². The summed E-state index contributed by atoms with van der Waals surface area (Å²) in [5.41, 5.74) is 7.21. The molecule has 0 saturated heterocycles. The molecule has 3 heteroatoms. The molecule has 106 valence electrons. The molecule has 19 heavy (non-hydrogen) atoms. The van der Waals surface area contributed by atoms with Crippen LogP contribution in [0.3, 0.4) is 0 Å². The molecule has 2 rings (SSSR count). The molecule has 0 spiro atoms. The monoisotopic (exact) mass is 262 g/mol. The Labute approximate surface area is 116 Å². The molecule has 0 heterocycles. The number of methoxy groups -OCH3 is 1. The first-order valence-corrected chi connectivity index (χ1v) is 7.21. The van der Waals surface area contributed by atoms with Crippen molar-refractivity contribution in [3.05, 3.63) is 29.8 Å². The van der Waals surface area contributed by atoms with Crippen LogP contribution >= 0.6 is 0 Å². The summed E-state index contributed by atoms with van der Waals surface area (Å²) in [5, 5.41) is 0. The van der Waals surface area contributed by atoms with Crippen molar-refractivity contribution in [1.82, 2.24) is 4.90 Å². The highest BCUT2D eigenvalue weighted by Gasteiger charge is 2.34. The number of para-hydroxylation sites is 1.